The van der Waals surface area contributed by atoms with Gasteiger partial charge in [-0.1, -0.05) is 0 Å². The number of hydrogen-bond acceptors (Lipinski definition) is 5. The van der Waals surface area contributed by atoms with Gasteiger partial charge in [-0.3, -0.25) is 0 Å². The lowest BCUT2D eigenvalue weighted by molar-refractivity contribution is 0.0606. The predicted octanol–water partition coefficient (Wildman–Crippen LogP) is 1.43. The summed E-state index contributed by atoms with van der Waals surface area (Å²) < 4.78 is 9.54. The summed E-state index contributed by atoms with van der Waals surface area (Å²) in [5.41, 5.74) is 0. The van der Waals surface area contributed by atoms with Gasteiger partial charge in [0.25, 0.3) is 0 Å². The standard InChI is InChI=1S/C11H13NO4S/c1-15-10(13)9-3-2-8(17-9)4-7-5-12-11(14)16-6-7/h2-3,7H,4-6H2,1H3,(H,12,14). The Balaban J connectivity index is 1.93. The van der Waals surface area contributed by atoms with Crippen molar-refractivity contribution >= 4 is 23.4 Å². The number of esters is 1. The summed E-state index contributed by atoms with van der Waals surface area (Å²) in [6.45, 7) is 1.04. The van der Waals surface area contributed by atoms with Crippen LogP contribution in [-0.2, 0) is 15.9 Å². The molecule has 1 unspecified atom stereocenters. The number of hydrogen-bond donors (Lipinski definition) is 1. The van der Waals surface area contributed by atoms with Crippen molar-refractivity contribution < 1.29 is 19.1 Å². The summed E-state index contributed by atoms with van der Waals surface area (Å²) in [6.07, 6.45) is 0.435. The Bertz CT molecular complexity index is 419. The number of amides is 1. The smallest absolute Gasteiger partial charge is 0.407 e. The number of cyclic esters (lactones) is 1. The molecule has 1 atom stereocenters. The zero-order chi connectivity index (χ0) is 12.3. The lowest BCUT2D eigenvalue weighted by Crippen LogP contribution is -2.39. The third kappa shape index (κ3) is 2.97. The van der Waals surface area contributed by atoms with Crippen LogP contribution in [0.5, 0.6) is 0 Å². The Morgan fingerprint density at radius 1 is 1.65 bits per heavy atom. The number of thiophene rings is 1. The van der Waals surface area contributed by atoms with E-state index in [-0.39, 0.29) is 18.0 Å². The molecule has 2 heterocycles. The molecule has 1 N–H and O–H groups in total. The Morgan fingerprint density at radius 3 is 3.12 bits per heavy atom. The van der Waals surface area contributed by atoms with Crippen molar-refractivity contribution in [3.05, 3.63) is 21.9 Å². The van der Waals surface area contributed by atoms with E-state index in [2.05, 4.69) is 10.1 Å². The largest absolute Gasteiger partial charge is 0.465 e. The molecule has 5 nitrogen and oxygen atoms in total. The Morgan fingerprint density at radius 2 is 2.47 bits per heavy atom. The molecule has 1 aromatic heterocycles. The Kier molecular flexibility index (Phi) is 3.63. The molecule has 0 bridgehead atoms. The normalized spacial score (nSPS) is 19.4. The van der Waals surface area contributed by atoms with Gasteiger partial charge in [0, 0.05) is 17.3 Å². The highest BCUT2D eigenvalue weighted by Gasteiger charge is 2.20. The first kappa shape index (κ1) is 11.9. The van der Waals surface area contributed by atoms with E-state index in [1.165, 1.54) is 18.4 Å². The maximum atomic E-state index is 11.3. The van der Waals surface area contributed by atoms with E-state index in [1.807, 2.05) is 6.07 Å². The van der Waals surface area contributed by atoms with Crippen molar-refractivity contribution in [3.63, 3.8) is 0 Å². The molecule has 1 fully saturated rings. The second-order valence-corrected chi connectivity index (χ2v) is 4.98. The maximum Gasteiger partial charge on any atom is 0.407 e. The molecular weight excluding hydrogens is 242 g/mol. The van der Waals surface area contributed by atoms with Gasteiger partial charge >= 0.3 is 12.1 Å². The second kappa shape index (κ2) is 5.18. The minimum atomic E-state index is -0.359. The topological polar surface area (TPSA) is 64.6 Å². The molecular formula is C11H13NO4S. The van der Waals surface area contributed by atoms with Crippen LogP contribution in [0.15, 0.2) is 12.1 Å². The van der Waals surface area contributed by atoms with Crippen LogP contribution in [0.2, 0.25) is 0 Å². The maximum absolute atomic E-state index is 11.3. The lowest BCUT2D eigenvalue weighted by Gasteiger charge is -2.21. The first-order valence-corrected chi connectivity index (χ1v) is 6.08. The van der Waals surface area contributed by atoms with E-state index >= 15 is 0 Å². The van der Waals surface area contributed by atoms with Crippen LogP contribution >= 0.6 is 11.3 Å². The highest BCUT2D eigenvalue weighted by atomic mass is 32.1. The van der Waals surface area contributed by atoms with Gasteiger partial charge < -0.3 is 14.8 Å². The van der Waals surface area contributed by atoms with E-state index in [9.17, 15) is 9.59 Å². The van der Waals surface area contributed by atoms with Crippen LogP contribution in [0.1, 0.15) is 14.5 Å². The molecule has 92 valence electrons. The van der Waals surface area contributed by atoms with Crippen molar-refractivity contribution in [3.8, 4) is 0 Å². The van der Waals surface area contributed by atoms with Gasteiger partial charge in [-0.15, -0.1) is 11.3 Å². The highest BCUT2D eigenvalue weighted by molar-refractivity contribution is 7.13. The summed E-state index contributed by atoms with van der Waals surface area (Å²) >= 11 is 1.42. The van der Waals surface area contributed by atoms with Crippen LogP contribution in [0.4, 0.5) is 4.79 Å². The number of alkyl carbamates (subject to hydrolysis) is 1. The third-order valence-electron chi connectivity index (χ3n) is 2.52. The van der Waals surface area contributed by atoms with Gasteiger partial charge in [0.05, 0.1) is 13.7 Å². The van der Waals surface area contributed by atoms with Crippen molar-refractivity contribution in [1.29, 1.82) is 0 Å². The van der Waals surface area contributed by atoms with Crippen LogP contribution in [-0.4, -0.2) is 32.3 Å². The quantitative estimate of drug-likeness (QED) is 0.830. The van der Waals surface area contributed by atoms with Gasteiger partial charge in [-0.25, -0.2) is 9.59 Å². The molecule has 17 heavy (non-hydrogen) atoms. The van der Waals surface area contributed by atoms with Crippen LogP contribution in [0, 0.1) is 5.92 Å². The monoisotopic (exact) mass is 255 g/mol. The van der Waals surface area contributed by atoms with Gasteiger partial charge in [0.1, 0.15) is 4.88 Å². The Labute approximate surface area is 103 Å². The minimum absolute atomic E-state index is 0.261. The van der Waals surface area contributed by atoms with Crippen LogP contribution in [0.25, 0.3) is 0 Å². The third-order valence-corrected chi connectivity index (χ3v) is 3.61. The number of rotatable bonds is 3. The SMILES string of the molecule is COC(=O)c1ccc(CC2CNC(=O)OC2)s1. The highest BCUT2D eigenvalue weighted by Crippen LogP contribution is 2.21. The number of nitrogens with one attached hydrogen (secondary N) is 1. The summed E-state index contributed by atoms with van der Waals surface area (Å²) in [7, 11) is 1.37. The average molecular weight is 255 g/mol. The molecule has 1 amide bonds. The molecule has 0 radical (unpaired) electrons. The second-order valence-electron chi connectivity index (χ2n) is 3.81. The average Bonchev–Trinajstić information content (AvgIpc) is 2.80. The molecule has 0 aliphatic carbocycles. The fourth-order valence-electron chi connectivity index (χ4n) is 1.64. The van der Waals surface area contributed by atoms with Gasteiger partial charge in [-0.2, -0.15) is 0 Å². The van der Waals surface area contributed by atoms with Crippen molar-refractivity contribution in [2.75, 3.05) is 20.3 Å². The van der Waals surface area contributed by atoms with Crippen molar-refractivity contribution in [2.24, 2.45) is 5.92 Å². The van der Waals surface area contributed by atoms with E-state index < -0.39 is 0 Å². The fourth-order valence-corrected chi connectivity index (χ4v) is 2.69. The van der Waals surface area contributed by atoms with Gasteiger partial charge in [0.15, 0.2) is 0 Å². The minimum Gasteiger partial charge on any atom is -0.465 e. The molecule has 0 saturated carbocycles. The predicted molar refractivity (Wildman–Crippen MR) is 62.2 cm³/mol. The van der Waals surface area contributed by atoms with Gasteiger partial charge in [0.2, 0.25) is 0 Å². The molecule has 1 saturated heterocycles. The number of ether oxygens (including phenoxy) is 2. The lowest BCUT2D eigenvalue weighted by atomic mass is 10.1. The van der Waals surface area contributed by atoms with E-state index in [0.717, 1.165) is 11.3 Å². The van der Waals surface area contributed by atoms with Crippen molar-refractivity contribution in [1.82, 2.24) is 5.32 Å². The van der Waals surface area contributed by atoms with E-state index in [0.29, 0.717) is 18.0 Å². The van der Waals surface area contributed by atoms with E-state index in [4.69, 9.17) is 4.74 Å². The molecule has 0 aromatic carbocycles. The number of carbonyl (C=O) groups excluding carboxylic acids is 2. The molecule has 0 spiro atoms. The zero-order valence-corrected chi connectivity index (χ0v) is 10.2. The summed E-state index contributed by atoms with van der Waals surface area (Å²) in [6, 6.07) is 3.67. The summed E-state index contributed by atoms with van der Waals surface area (Å²) in [5, 5.41) is 2.64. The van der Waals surface area contributed by atoms with Crippen molar-refractivity contribution in [2.45, 2.75) is 6.42 Å². The molecule has 1 aromatic rings. The Hall–Kier alpha value is -1.56. The van der Waals surface area contributed by atoms with Gasteiger partial charge in [-0.05, 0) is 18.6 Å². The molecule has 2 rings (SSSR count). The zero-order valence-electron chi connectivity index (χ0n) is 9.39. The summed E-state index contributed by atoms with van der Waals surface area (Å²) in [4.78, 5) is 23.8. The summed E-state index contributed by atoms with van der Waals surface area (Å²) in [5.74, 6) is -0.0497. The first-order valence-electron chi connectivity index (χ1n) is 5.26. The number of methoxy groups -OCH3 is 1. The van der Waals surface area contributed by atoms with Crippen LogP contribution < -0.4 is 5.32 Å². The molecule has 1 aliphatic rings. The molecule has 6 heteroatoms. The number of carbonyl (C=O) groups is 2. The van der Waals surface area contributed by atoms with E-state index in [1.54, 1.807) is 6.07 Å². The van der Waals surface area contributed by atoms with Crippen LogP contribution in [0.3, 0.4) is 0 Å². The first-order chi connectivity index (χ1) is 8.19. The molecule has 1 aliphatic heterocycles. The fraction of sp³-hybridized carbons (Fsp3) is 0.455.